The lowest BCUT2D eigenvalue weighted by atomic mass is 10.3. The average molecular weight is 311 g/mol. The van der Waals surface area contributed by atoms with Gasteiger partial charge in [0.2, 0.25) is 10.0 Å². The summed E-state index contributed by atoms with van der Waals surface area (Å²) in [4.78, 5) is 0.266. The first-order chi connectivity index (χ1) is 8.04. The van der Waals surface area contributed by atoms with Crippen molar-refractivity contribution in [2.45, 2.75) is 17.4 Å². The molecule has 1 unspecified atom stereocenters. The Labute approximate surface area is 119 Å². The molecular weight excluding hydrogens is 295 g/mol. The van der Waals surface area contributed by atoms with Gasteiger partial charge in [-0.1, -0.05) is 17.7 Å². The Bertz CT molecular complexity index is 508. The summed E-state index contributed by atoms with van der Waals surface area (Å²) in [6.45, 7) is 1.08. The van der Waals surface area contributed by atoms with Crippen molar-refractivity contribution in [3.63, 3.8) is 0 Å². The van der Waals surface area contributed by atoms with Crippen molar-refractivity contribution in [3.05, 3.63) is 29.3 Å². The van der Waals surface area contributed by atoms with Crippen LogP contribution in [0.25, 0.3) is 0 Å². The number of hydrogen-bond donors (Lipinski definition) is 1. The average Bonchev–Trinajstić information content (AvgIpc) is 2.78. The summed E-state index contributed by atoms with van der Waals surface area (Å²) in [5, 5.41) is 3.54. The Hall–Kier alpha value is -0.330. The van der Waals surface area contributed by atoms with Crippen LogP contribution < -0.4 is 5.32 Å². The molecule has 1 aromatic carbocycles. The first-order valence-electron chi connectivity index (χ1n) is 5.47. The minimum absolute atomic E-state index is 0. The van der Waals surface area contributed by atoms with E-state index >= 15 is 0 Å². The normalized spacial score (nSPS) is 20.7. The van der Waals surface area contributed by atoms with E-state index in [1.165, 1.54) is 10.4 Å². The van der Waals surface area contributed by atoms with Crippen LogP contribution in [0.5, 0.6) is 0 Å². The van der Waals surface area contributed by atoms with Gasteiger partial charge in [-0.3, -0.25) is 0 Å². The predicted molar refractivity (Wildman–Crippen MR) is 74.9 cm³/mol. The summed E-state index contributed by atoms with van der Waals surface area (Å²) in [7, 11) is -1.55. The number of likely N-dealkylation sites (N-methyl/N-ethyl adjacent to an activating group) is 1. The van der Waals surface area contributed by atoms with Crippen LogP contribution in [0.1, 0.15) is 6.42 Å². The number of hydrogen-bond acceptors (Lipinski definition) is 3. The molecule has 0 aromatic heterocycles. The van der Waals surface area contributed by atoms with Crippen molar-refractivity contribution in [2.75, 3.05) is 20.1 Å². The van der Waals surface area contributed by atoms with E-state index in [2.05, 4.69) is 5.32 Å². The lowest BCUT2D eigenvalue weighted by molar-refractivity contribution is 0.464. The molecule has 0 radical (unpaired) electrons. The molecule has 0 bridgehead atoms. The predicted octanol–water partition coefficient (Wildman–Crippen LogP) is 1.74. The van der Waals surface area contributed by atoms with Crippen molar-refractivity contribution in [2.24, 2.45) is 0 Å². The second-order valence-corrected chi connectivity index (χ2v) is 6.47. The van der Waals surface area contributed by atoms with Gasteiger partial charge in [0, 0.05) is 24.2 Å². The lowest BCUT2D eigenvalue weighted by Gasteiger charge is -2.16. The van der Waals surface area contributed by atoms with Crippen LogP contribution in [0, 0.1) is 0 Å². The summed E-state index contributed by atoms with van der Waals surface area (Å²) in [6, 6.07) is 6.63. The SMILES string of the molecule is CNC1CCN(S(=O)(=O)c2cccc(Cl)c2)C1.Cl. The number of rotatable bonds is 3. The van der Waals surface area contributed by atoms with Gasteiger partial charge in [-0.25, -0.2) is 8.42 Å². The maximum absolute atomic E-state index is 12.3. The van der Waals surface area contributed by atoms with E-state index in [0.717, 1.165) is 6.42 Å². The van der Waals surface area contributed by atoms with Gasteiger partial charge in [0.15, 0.2) is 0 Å². The van der Waals surface area contributed by atoms with E-state index < -0.39 is 10.0 Å². The molecule has 1 heterocycles. The van der Waals surface area contributed by atoms with Crippen molar-refractivity contribution >= 4 is 34.0 Å². The fraction of sp³-hybridized carbons (Fsp3) is 0.455. The number of nitrogens with zero attached hydrogens (tertiary/aromatic N) is 1. The Kier molecular flexibility index (Phi) is 5.43. The van der Waals surface area contributed by atoms with Crippen LogP contribution >= 0.6 is 24.0 Å². The largest absolute Gasteiger partial charge is 0.316 e. The zero-order valence-corrected chi connectivity index (χ0v) is 12.4. The standard InChI is InChI=1S/C11H15ClN2O2S.ClH/c1-13-10-5-6-14(8-10)17(15,16)11-4-2-3-9(12)7-11;/h2-4,7,10,13H,5-6,8H2,1H3;1H. The molecule has 1 atom stereocenters. The van der Waals surface area contributed by atoms with Crippen LogP contribution in [-0.2, 0) is 10.0 Å². The van der Waals surface area contributed by atoms with Gasteiger partial charge in [-0.05, 0) is 31.7 Å². The van der Waals surface area contributed by atoms with E-state index in [9.17, 15) is 8.42 Å². The molecule has 7 heteroatoms. The van der Waals surface area contributed by atoms with Gasteiger partial charge in [-0.15, -0.1) is 12.4 Å². The highest BCUT2D eigenvalue weighted by Crippen LogP contribution is 2.23. The van der Waals surface area contributed by atoms with E-state index in [-0.39, 0.29) is 23.3 Å². The van der Waals surface area contributed by atoms with E-state index in [4.69, 9.17) is 11.6 Å². The monoisotopic (exact) mass is 310 g/mol. The smallest absolute Gasteiger partial charge is 0.243 e. The van der Waals surface area contributed by atoms with Crippen LogP contribution in [0.4, 0.5) is 0 Å². The third-order valence-corrected chi connectivity index (χ3v) is 5.09. The van der Waals surface area contributed by atoms with Gasteiger partial charge in [0.25, 0.3) is 0 Å². The summed E-state index contributed by atoms with van der Waals surface area (Å²) in [5.41, 5.74) is 0. The highest BCUT2D eigenvalue weighted by atomic mass is 35.5. The van der Waals surface area contributed by atoms with Gasteiger partial charge >= 0.3 is 0 Å². The van der Waals surface area contributed by atoms with Crippen molar-refractivity contribution in [1.29, 1.82) is 0 Å². The molecule has 102 valence electrons. The van der Waals surface area contributed by atoms with Crippen molar-refractivity contribution in [1.82, 2.24) is 9.62 Å². The summed E-state index contributed by atoms with van der Waals surface area (Å²) >= 11 is 5.82. The molecule has 4 nitrogen and oxygen atoms in total. The molecule has 1 saturated heterocycles. The molecule has 0 saturated carbocycles. The first kappa shape index (κ1) is 15.7. The van der Waals surface area contributed by atoms with Gasteiger partial charge in [0.1, 0.15) is 0 Å². The van der Waals surface area contributed by atoms with Crippen LogP contribution in [-0.4, -0.2) is 38.9 Å². The number of halogens is 2. The summed E-state index contributed by atoms with van der Waals surface area (Å²) in [6.07, 6.45) is 0.844. The lowest BCUT2D eigenvalue weighted by Crippen LogP contribution is -2.33. The van der Waals surface area contributed by atoms with Crippen LogP contribution in [0.3, 0.4) is 0 Å². The number of benzene rings is 1. The molecule has 0 amide bonds. The van der Waals surface area contributed by atoms with Crippen molar-refractivity contribution in [3.8, 4) is 0 Å². The molecule has 2 rings (SSSR count). The van der Waals surface area contributed by atoms with Crippen LogP contribution in [0.2, 0.25) is 5.02 Å². The Morgan fingerprint density at radius 1 is 1.44 bits per heavy atom. The molecule has 1 aliphatic heterocycles. The van der Waals surface area contributed by atoms with Crippen LogP contribution in [0.15, 0.2) is 29.2 Å². The zero-order chi connectivity index (χ0) is 12.5. The second-order valence-electron chi connectivity index (χ2n) is 4.09. The molecule has 1 N–H and O–H groups in total. The number of sulfonamides is 1. The summed E-state index contributed by atoms with van der Waals surface area (Å²) < 4.78 is 26.1. The first-order valence-corrected chi connectivity index (χ1v) is 7.29. The van der Waals surface area contributed by atoms with Gasteiger partial charge in [0.05, 0.1) is 4.90 Å². The molecule has 1 aliphatic rings. The Morgan fingerprint density at radius 2 is 2.17 bits per heavy atom. The second kappa shape index (κ2) is 6.21. The zero-order valence-electron chi connectivity index (χ0n) is 9.97. The number of nitrogens with one attached hydrogen (secondary N) is 1. The Balaban J connectivity index is 0.00000162. The maximum atomic E-state index is 12.3. The molecular formula is C11H16Cl2N2O2S. The molecule has 0 aliphatic carbocycles. The van der Waals surface area contributed by atoms with Gasteiger partial charge in [-0.2, -0.15) is 4.31 Å². The topological polar surface area (TPSA) is 49.4 Å². The Morgan fingerprint density at radius 3 is 2.72 bits per heavy atom. The maximum Gasteiger partial charge on any atom is 0.243 e. The van der Waals surface area contributed by atoms with E-state index in [0.29, 0.717) is 18.1 Å². The molecule has 0 spiro atoms. The molecule has 18 heavy (non-hydrogen) atoms. The highest BCUT2D eigenvalue weighted by Gasteiger charge is 2.31. The minimum Gasteiger partial charge on any atom is -0.316 e. The third kappa shape index (κ3) is 3.16. The van der Waals surface area contributed by atoms with E-state index in [1.807, 2.05) is 7.05 Å². The van der Waals surface area contributed by atoms with Gasteiger partial charge < -0.3 is 5.32 Å². The fourth-order valence-corrected chi connectivity index (χ4v) is 3.76. The quantitative estimate of drug-likeness (QED) is 0.925. The fourth-order valence-electron chi connectivity index (χ4n) is 1.96. The third-order valence-electron chi connectivity index (χ3n) is 2.99. The van der Waals surface area contributed by atoms with Crippen molar-refractivity contribution < 1.29 is 8.42 Å². The van der Waals surface area contributed by atoms with E-state index in [1.54, 1.807) is 18.2 Å². The minimum atomic E-state index is -3.40. The molecule has 1 aromatic rings. The summed E-state index contributed by atoms with van der Waals surface area (Å²) in [5.74, 6) is 0. The molecule has 1 fully saturated rings. The highest BCUT2D eigenvalue weighted by molar-refractivity contribution is 7.89.